The summed E-state index contributed by atoms with van der Waals surface area (Å²) in [7, 11) is 0. The van der Waals surface area contributed by atoms with Crippen LogP contribution in [-0.2, 0) is 4.74 Å². The molecule has 0 saturated heterocycles. The summed E-state index contributed by atoms with van der Waals surface area (Å²) in [6.45, 7) is 4.36. The number of carbonyl (C=O) groups excluding carboxylic acids is 1. The molecule has 2 N–H and O–H groups in total. The lowest BCUT2D eigenvalue weighted by molar-refractivity contribution is 0.00808. The Morgan fingerprint density at radius 2 is 1.80 bits per heavy atom. The zero-order valence-electron chi connectivity index (χ0n) is 11.7. The number of rotatable bonds is 2. The minimum atomic E-state index is -0.449. The molecule has 1 aromatic rings. The predicted molar refractivity (Wildman–Crippen MR) is 82.3 cm³/mol. The van der Waals surface area contributed by atoms with Crippen molar-refractivity contribution in [1.82, 2.24) is 0 Å². The number of carbonyl (C=O) groups is 1. The van der Waals surface area contributed by atoms with Crippen molar-refractivity contribution < 1.29 is 9.53 Å². The lowest BCUT2D eigenvalue weighted by atomic mass is 9.82. The maximum Gasteiger partial charge on any atom is 0.340 e. The summed E-state index contributed by atoms with van der Waals surface area (Å²) >= 11 is 12.0. The number of hydrogen-bond acceptors (Lipinski definition) is 3. The Balaban J connectivity index is 2.12. The number of ether oxygens (including phenoxy) is 1. The van der Waals surface area contributed by atoms with E-state index in [-0.39, 0.29) is 21.7 Å². The Bertz CT molecular complexity index is 509. The van der Waals surface area contributed by atoms with Crippen LogP contribution in [0.4, 0.5) is 5.69 Å². The van der Waals surface area contributed by atoms with Gasteiger partial charge in [0.25, 0.3) is 0 Å². The van der Waals surface area contributed by atoms with E-state index >= 15 is 0 Å². The summed E-state index contributed by atoms with van der Waals surface area (Å²) in [6, 6.07) is 3.03. The van der Waals surface area contributed by atoms with Crippen molar-refractivity contribution in [2.45, 2.75) is 39.2 Å². The summed E-state index contributed by atoms with van der Waals surface area (Å²) in [5.74, 6) is 0.684. The Morgan fingerprint density at radius 3 is 2.40 bits per heavy atom. The quantitative estimate of drug-likeness (QED) is 0.643. The van der Waals surface area contributed by atoms with Crippen LogP contribution in [0, 0.1) is 11.8 Å². The van der Waals surface area contributed by atoms with Gasteiger partial charge in [-0.1, -0.05) is 37.0 Å². The van der Waals surface area contributed by atoms with E-state index in [1.165, 1.54) is 18.6 Å². The average molecular weight is 316 g/mol. The highest BCUT2D eigenvalue weighted by Gasteiger charge is 2.28. The van der Waals surface area contributed by atoms with Gasteiger partial charge < -0.3 is 10.5 Å². The van der Waals surface area contributed by atoms with E-state index < -0.39 is 5.97 Å². The van der Waals surface area contributed by atoms with Gasteiger partial charge in [-0.2, -0.15) is 0 Å². The fraction of sp³-hybridized carbons (Fsp3) is 0.533. The maximum absolute atomic E-state index is 12.2. The highest BCUT2D eigenvalue weighted by molar-refractivity contribution is 6.44. The third kappa shape index (κ3) is 3.58. The molecule has 1 aliphatic carbocycles. The van der Waals surface area contributed by atoms with Gasteiger partial charge in [0.1, 0.15) is 6.10 Å². The van der Waals surface area contributed by atoms with Crippen molar-refractivity contribution in [2.75, 3.05) is 5.73 Å². The topological polar surface area (TPSA) is 52.3 Å². The van der Waals surface area contributed by atoms with Crippen LogP contribution in [0.1, 0.15) is 43.5 Å². The zero-order valence-corrected chi connectivity index (χ0v) is 13.2. The zero-order chi connectivity index (χ0) is 14.9. The summed E-state index contributed by atoms with van der Waals surface area (Å²) in [5, 5.41) is 0.465. The molecule has 0 bridgehead atoms. The number of benzene rings is 1. The molecule has 20 heavy (non-hydrogen) atoms. The largest absolute Gasteiger partial charge is 0.459 e. The molecule has 0 spiro atoms. The van der Waals surface area contributed by atoms with Crippen LogP contribution in [0.3, 0.4) is 0 Å². The fourth-order valence-electron chi connectivity index (χ4n) is 2.94. The molecule has 3 nitrogen and oxygen atoms in total. The molecule has 2 rings (SSSR count). The third-order valence-electron chi connectivity index (χ3n) is 3.68. The Labute approximate surface area is 129 Å². The molecule has 1 aliphatic rings. The number of halogens is 2. The van der Waals surface area contributed by atoms with Gasteiger partial charge in [-0.05, 0) is 43.2 Å². The molecule has 0 amide bonds. The SMILES string of the molecule is CC1CC(C)CC(OC(=O)c2cc(N)cc(Cl)c2Cl)C1. The molecule has 1 saturated carbocycles. The number of nitrogen functional groups attached to an aromatic ring is 1. The molecule has 0 radical (unpaired) electrons. The van der Waals surface area contributed by atoms with Gasteiger partial charge in [0.2, 0.25) is 0 Å². The molecule has 2 atom stereocenters. The molecular formula is C15H19Cl2NO2. The predicted octanol–water partition coefficient (Wildman–Crippen LogP) is 4.56. The van der Waals surface area contributed by atoms with Crippen molar-refractivity contribution in [2.24, 2.45) is 11.8 Å². The van der Waals surface area contributed by atoms with Crippen LogP contribution >= 0.6 is 23.2 Å². The van der Waals surface area contributed by atoms with Crippen molar-refractivity contribution >= 4 is 34.9 Å². The monoisotopic (exact) mass is 315 g/mol. The van der Waals surface area contributed by atoms with E-state index in [2.05, 4.69) is 13.8 Å². The van der Waals surface area contributed by atoms with Crippen molar-refractivity contribution in [3.05, 3.63) is 27.7 Å². The van der Waals surface area contributed by atoms with Crippen molar-refractivity contribution in [1.29, 1.82) is 0 Å². The van der Waals surface area contributed by atoms with E-state index in [1.807, 2.05) is 0 Å². The lowest BCUT2D eigenvalue weighted by Gasteiger charge is -2.31. The first-order valence-electron chi connectivity index (χ1n) is 6.82. The molecule has 5 heteroatoms. The van der Waals surface area contributed by atoms with E-state index in [4.69, 9.17) is 33.7 Å². The molecule has 1 fully saturated rings. The first-order valence-corrected chi connectivity index (χ1v) is 7.58. The maximum atomic E-state index is 12.2. The van der Waals surface area contributed by atoms with Crippen LogP contribution in [0.5, 0.6) is 0 Å². The second-order valence-electron chi connectivity index (χ2n) is 5.81. The van der Waals surface area contributed by atoms with Gasteiger partial charge in [0.15, 0.2) is 0 Å². The van der Waals surface area contributed by atoms with Gasteiger partial charge in [-0.25, -0.2) is 4.79 Å². The van der Waals surface area contributed by atoms with Crippen LogP contribution < -0.4 is 5.73 Å². The highest BCUT2D eigenvalue weighted by atomic mass is 35.5. The van der Waals surface area contributed by atoms with Crippen LogP contribution in [-0.4, -0.2) is 12.1 Å². The summed E-state index contributed by atoms with van der Waals surface area (Å²) in [5.41, 5.74) is 6.33. The van der Waals surface area contributed by atoms with E-state index in [1.54, 1.807) is 0 Å². The number of hydrogen-bond donors (Lipinski definition) is 1. The number of esters is 1. The second kappa shape index (κ2) is 6.23. The highest BCUT2D eigenvalue weighted by Crippen LogP contribution is 2.33. The van der Waals surface area contributed by atoms with Crippen LogP contribution in [0.25, 0.3) is 0 Å². The van der Waals surface area contributed by atoms with Crippen LogP contribution in [0.2, 0.25) is 10.0 Å². The van der Waals surface area contributed by atoms with Gasteiger partial charge in [-0.3, -0.25) is 0 Å². The van der Waals surface area contributed by atoms with Crippen molar-refractivity contribution in [3.8, 4) is 0 Å². The Hall–Kier alpha value is -0.930. The fourth-order valence-corrected chi connectivity index (χ4v) is 3.36. The summed E-state index contributed by atoms with van der Waals surface area (Å²) in [6.07, 6.45) is 2.91. The summed E-state index contributed by atoms with van der Waals surface area (Å²) in [4.78, 5) is 12.2. The smallest absolute Gasteiger partial charge is 0.340 e. The second-order valence-corrected chi connectivity index (χ2v) is 6.59. The standard InChI is InChI=1S/C15H19Cl2NO2/c1-8-3-9(2)5-11(4-8)20-15(19)12-6-10(18)7-13(16)14(12)17/h6-9,11H,3-5,18H2,1-2H3. The Morgan fingerprint density at radius 1 is 1.20 bits per heavy atom. The van der Waals surface area contributed by atoms with E-state index in [0.717, 1.165) is 12.8 Å². The van der Waals surface area contributed by atoms with Crippen molar-refractivity contribution in [3.63, 3.8) is 0 Å². The molecule has 2 unspecified atom stereocenters. The minimum Gasteiger partial charge on any atom is -0.459 e. The summed E-state index contributed by atoms with van der Waals surface area (Å²) < 4.78 is 5.57. The molecule has 0 aromatic heterocycles. The normalized spacial score (nSPS) is 26.3. The molecular weight excluding hydrogens is 297 g/mol. The number of anilines is 1. The first-order chi connectivity index (χ1) is 9.36. The molecule has 1 aromatic carbocycles. The average Bonchev–Trinajstić information content (AvgIpc) is 2.32. The van der Waals surface area contributed by atoms with Gasteiger partial charge in [0, 0.05) is 5.69 Å². The van der Waals surface area contributed by atoms with Gasteiger partial charge in [0.05, 0.1) is 15.6 Å². The van der Waals surface area contributed by atoms with Crippen LogP contribution in [0.15, 0.2) is 12.1 Å². The van der Waals surface area contributed by atoms with Gasteiger partial charge in [-0.15, -0.1) is 0 Å². The van der Waals surface area contributed by atoms with E-state index in [0.29, 0.717) is 17.5 Å². The molecule has 0 heterocycles. The molecule has 110 valence electrons. The van der Waals surface area contributed by atoms with Gasteiger partial charge >= 0.3 is 5.97 Å². The number of nitrogens with two attached hydrogens (primary N) is 1. The molecule has 0 aliphatic heterocycles. The lowest BCUT2D eigenvalue weighted by Crippen LogP contribution is -2.28. The van der Waals surface area contributed by atoms with E-state index in [9.17, 15) is 4.79 Å². The minimum absolute atomic E-state index is 0.0578. The first kappa shape index (κ1) is 15.5. The third-order valence-corrected chi connectivity index (χ3v) is 4.48. The Kier molecular flexibility index (Phi) is 4.82.